The summed E-state index contributed by atoms with van der Waals surface area (Å²) in [6.07, 6.45) is -4.58. The molecule has 0 heterocycles. The molecule has 0 aliphatic carbocycles. The number of alkyl halides is 3. The number of halogens is 3. The molecule has 1 N–H and O–H groups in total. The fourth-order valence-electron chi connectivity index (χ4n) is 2.68. The normalized spacial score (nSPS) is 11.2. The van der Waals surface area contributed by atoms with Crippen molar-refractivity contribution in [2.45, 2.75) is 26.9 Å². The van der Waals surface area contributed by atoms with Crippen molar-refractivity contribution in [1.82, 2.24) is 4.90 Å². The van der Waals surface area contributed by atoms with Crippen LogP contribution in [0.3, 0.4) is 0 Å². The zero-order valence-corrected chi connectivity index (χ0v) is 15.4. The Labute approximate surface area is 156 Å². The predicted molar refractivity (Wildman–Crippen MR) is 97.6 cm³/mol. The number of para-hydroxylation sites is 1. The first-order valence-corrected chi connectivity index (χ1v) is 8.46. The van der Waals surface area contributed by atoms with E-state index in [-0.39, 0.29) is 24.7 Å². The first-order chi connectivity index (χ1) is 12.6. The van der Waals surface area contributed by atoms with Crippen LogP contribution in [0.4, 0.5) is 18.9 Å². The molecular weight excluding hydrogens is 357 g/mol. The number of anilines is 1. The highest BCUT2D eigenvalue weighted by atomic mass is 19.4. The van der Waals surface area contributed by atoms with E-state index in [1.807, 2.05) is 19.9 Å². The molecule has 27 heavy (non-hydrogen) atoms. The summed E-state index contributed by atoms with van der Waals surface area (Å²) < 4.78 is 39.1. The van der Waals surface area contributed by atoms with Crippen LogP contribution in [0.15, 0.2) is 42.5 Å². The molecule has 0 saturated heterocycles. The lowest BCUT2D eigenvalue weighted by Crippen LogP contribution is -2.38. The van der Waals surface area contributed by atoms with Crippen LogP contribution in [0.5, 0.6) is 0 Å². The standard InChI is InChI=1S/C20H21F3N2O2/c1-4-25(19(27)15-9-7-8-13(2)14(15)3)12-18(26)24-17-11-6-5-10-16(17)20(21,22)23/h5-11H,4,12H2,1-3H3,(H,24,26). The minimum atomic E-state index is -4.58. The Hall–Kier alpha value is -2.83. The first-order valence-electron chi connectivity index (χ1n) is 8.46. The zero-order valence-electron chi connectivity index (χ0n) is 15.4. The van der Waals surface area contributed by atoms with Crippen LogP contribution in [0, 0.1) is 13.8 Å². The monoisotopic (exact) mass is 378 g/mol. The van der Waals surface area contributed by atoms with Crippen LogP contribution in [-0.4, -0.2) is 29.8 Å². The molecular formula is C20H21F3N2O2. The number of hydrogen-bond donors (Lipinski definition) is 1. The van der Waals surface area contributed by atoms with E-state index in [1.165, 1.54) is 23.1 Å². The third kappa shape index (κ3) is 4.87. The largest absolute Gasteiger partial charge is 0.418 e. The number of aryl methyl sites for hydroxylation is 1. The van der Waals surface area contributed by atoms with Crippen LogP contribution in [0.2, 0.25) is 0 Å². The van der Waals surface area contributed by atoms with E-state index in [0.717, 1.165) is 17.2 Å². The van der Waals surface area contributed by atoms with Gasteiger partial charge in [-0.25, -0.2) is 0 Å². The van der Waals surface area contributed by atoms with Gasteiger partial charge in [-0.2, -0.15) is 13.2 Å². The average Bonchev–Trinajstić information content (AvgIpc) is 2.61. The number of amides is 2. The Bertz CT molecular complexity index is 847. The lowest BCUT2D eigenvalue weighted by Gasteiger charge is -2.22. The van der Waals surface area contributed by atoms with Crippen molar-refractivity contribution >= 4 is 17.5 Å². The predicted octanol–water partition coefficient (Wildman–Crippen LogP) is 4.42. The van der Waals surface area contributed by atoms with Crippen molar-refractivity contribution in [3.8, 4) is 0 Å². The number of rotatable bonds is 5. The summed E-state index contributed by atoms with van der Waals surface area (Å²) >= 11 is 0. The summed E-state index contributed by atoms with van der Waals surface area (Å²) in [5.74, 6) is -1.02. The molecule has 0 saturated carbocycles. The highest BCUT2D eigenvalue weighted by Crippen LogP contribution is 2.34. The highest BCUT2D eigenvalue weighted by Gasteiger charge is 2.33. The second-order valence-electron chi connectivity index (χ2n) is 6.16. The molecule has 0 unspecified atom stereocenters. The molecule has 0 aliphatic rings. The Morgan fingerprint density at radius 1 is 1.04 bits per heavy atom. The highest BCUT2D eigenvalue weighted by molar-refractivity contribution is 6.00. The topological polar surface area (TPSA) is 49.4 Å². The molecule has 2 amide bonds. The number of hydrogen-bond acceptors (Lipinski definition) is 2. The van der Waals surface area contributed by atoms with Crippen molar-refractivity contribution < 1.29 is 22.8 Å². The third-order valence-electron chi connectivity index (χ3n) is 4.34. The van der Waals surface area contributed by atoms with E-state index in [9.17, 15) is 22.8 Å². The fraction of sp³-hybridized carbons (Fsp3) is 0.300. The molecule has 2 rings (SSSR count). The lowest BCUT2D eigenvalue weighted by molar-refractivity contribution is -0.137. The minimum Gasteiger partial charge on any atom is -0.330 e. The molecule has 0 spiro atoms. The van der Waals surface area contributed by atoms with Gasteiger partial charge in [0.05, 0.1) is 11.3 Å². The van der Waals surface area contributed by atoms with E-state index in [4.69, 9.17) is 0 Å². The molecule has 0 radical (unpaired) electrons. The van der Waals surface area contributed by atoms with Gasteiger partial charge in [0.2, 0.25) is 5.91 Å². The van der Waals surface area contributed by atoms with E-state index in [1.54, 1.807) is 19.1 Å². The Balaban J connectivity index is 2.17. The van der Waals surface area contributed by atoms with Crippen LogP contribution in [0.25, 0.3) is 0 Å². The number of benzene rings is 2. The summed E-state index contributed by atoms with van der Waals surface area (Å²) in [5, 5.41) is 2.26. The van der Waals surface area contributed by atoms with Crippen LogP contribution < -0.4 is 5.32 Å². The van der Waals surface area contributed by atoms with Crippen LogP contribution in [-0.2, 0) is 11.0 Å². The second kappa shape index (κ2) is 8.24. The summed E-state index contributed by atoms with van der Waals surface area (Å²) in [5.41, 5.74) is 0.970. The van der Waals surface area contributed by atoms with Gasteiger partial charge in [-0.15, -0.1) is 0 Å². The Morgan fingerprint density at radius 2 is 1.70 bits per heavy atom. The lowest BCUT2D eigenvalue weighted by atomic mass is 10.0. The Morgan fingerprint density at radius 3 is 2.33 bits per heavy atom. The van der Waals surface area contributed by atoms with Crippen LogP contribution >= 0.6 is 0 Å². The molecule has 7 heteroatoms. The number of likely N-dealkylation sites (N-methyl/N-ethyl adjacent to an activating group) is 1. The number of nitrogens with one attached hydrogen (secondary N) is 1. The van der Waals surface area contributed by atoms with Gasteiger partial charge in [0.15, 0.2) is 0 Å². The molecule has 0 bridgehead atoms. The molecule has 0 atom stereocenters. The summed E-state index contributed by atoms with van der Waals surface area (Å²) in [6.45, 7) is 5.31. The molecule has 144 valence electrons. The Kier molecular flexibility index (Phi) is 6.25. The van der Waals surface area contributed by atoms with Crippen molar-refractivity contribution in [2.75, 3.05) is 18.4 Å². The first kappa shape index (κ1) is 20.5. The maximum atomic E-state index is 13.0. The zero-order chi connectivity index (χ0) is 20.2. The van der Waals surface area contributed by atoms with Crippen molar-refractivity contribution in [3.63, 3.8) is 0 Å². The summed E-state index contributed by atoms with van der Waals surface area (Å²) in [4.78, 5) is 26.3. The van der Waals surface area contributed by atoms with Gasteiger partial charge in [0, 0.05) is 12.1 Å². The molecule has 2 aromatic rings. The van der Waals surface area contributed by atoms with Gasteiger partial charge in [-0.05, 0) is 50.1 Å². The summed E-state index contributed by atoms with van der Waals surface area (Å²) in [7, 11) is 0. The van der Waals surface area contributed by atoms with Crippen molar-refractivity contribution in [2.24, 2.45) is 0 Å². The number of carbonyl (C=O) groups excluding carboxylic acids is 2. The SMILES string of the molecule is CCN(CC(=O)Nc1ccccc1C(F)(F)F)C(=O)c1cccc(C)c1C. The molecule has 4 nitrogen and oxygen atoms in total. The number of carbonyl (C=O) groups is 2. The molecule has 0 aliphatic heterocycles. The molecule has 0 aromatic heterocycles. The van der Waals surface area contributed by atoms with Gasteiger partial charge < -0.3 is 10.2 Å². The maximum absolute atomic E-state index is 13.0. The second-order valence-corrected chi connectivity index (χ2v) is 6.16. The van der Waals surface area contributed by atoms with Gasteiger partial charge in [-0.1, -0.05) is 24.3 Å². The average molecular weight is 378 g/mol. The van der Waals surface area contributed by atoms with Gasteiger partial charge in [-0.3, -0.25) is 9.59 Å². The van der Waals surface area contributed by atoms with E-state index in [0.29, 0.717) is 5.56 Å². The maximum Gasteiger partial charge on any atom is 0.418 e. The van der Waals surface area contributed by atoms with Crippen LogP contribution in [0.1, 0.15) is 34.0 Å². The fourth-order valence-corrected chi connectivity index (χ4v) is 2.68. The minimum absolute atomic E-state index is 0.251. The van der Waals surface area contributed by atoms with Crippen molar-refractivity contribution in [1.29, 1.82) is 0 Å². The smallest absolute Gasteiger partial charge is 0.330 e. The van der Waals surface area contributed by atoms with E-state index in [2.05, 4.69) is 5.32 Å². The third-order valence-corrected chi connectivity index (χ3v) is 4.34. The molecule has 2 aromatic carbocycles. The van der Waals surface area contributed by atoms with E-state index >= 15 is 0 Å². The van der Waals surface area contributed by atoms with E-state index < -0.39 is 17.6 Å². The summed E-state index contributed by atoms with van der Waals surface area (Å²) in [6, 6.07) is 10.0. The van der Waals surface area contributed by atoms with Gasteiger partial charge >= 0.3 is 6.18 Å². The number of nitrogens with zero attached hydrogens (tertiary/aromatic N) is 1. The van der Waals surface area contributed by atoms with Gasteiger partial charge in [0.25, 0.3) is 5.91 Å². The quantitative estimate of drug-likeness (QED) is 0.837. The van der Waals surface area contributed by atoms with Gasteiger partial charge in [0.1, 0.15) is 6.54 Å². The van der Waals surface area contributed by atoms with Crippen molar-refractivity contribution in [3.05, 3.63) is 64.7 Å². The molecule has 0 fully saturated rings.